The van der Waals surface area contributed by atoms with Crippen molar-refractivity contribution in [3.8, 4) is 11.5 Å². The van der Waals surface area contributed by atoms with Gasteiger partial charge in [-0.05, 0) is 36.8 Å². The normalized spacial score (nSPS) is 11.0. The van der Waals surface area contributed by atoms with Crippen molar-refractivity contribution >= 4 is 18.1 Å². The van der Waals surface area contributed by atoms with Gasteiger partial charge in [-0.15, -0.1) is 0 Å². The van der Waals surface area contributed by atoms with E-state index >= 15 is 0 Å². The van der Waals surface area contributed by atoms with E-state index in [9.17, 15) is 9.90 Å². The van der Waals surface area contributed by atoms with Gasteiger partial charge in [-0.25, -0.2) is 0 Å². The molecule has 0 bridgehead atoms. The Bertz CT molecular complexity index is 724. The number of aromatic hydroxyl groups is 1. The summed E-state index contributed by atoms with van der Waals surface area (Å²) in [7, 11) is 0. The molecule has 2 rings (SSSR count). The summed E-state index contributed by atoms with van der Waals surface area (Å²) in [6, 6.07) is 8.33. The zero-order valence-electron chi connectivity index (χ0n) is 12.1. The molecule has 0 saturated carbocycles. The lowest BCUT2D eigenvalue weighted by molar-refractivity contribution is 0.111. The monoisotopic (exact) mass is 296 g/mol. The summed E-state index contributed by atoms with van der Waals surface area (Å²) in [6.45, 7) is 2.07. The van der Waals surface area contributed by atoms with Crippen LogP contribution in [-0.2, 0) is 6.61 Å². The molecular weight excluding hydrogens is 280 g/mol. The largest absolute Gasteiger partial charge is 0.507 e. The van der Waals surface area contributed by atoms with Gasteiger partial charge in [0.1, 0.15) is 18.1 Å². The molecule has 0 unspecified atom stereocenters. The van der Waals surface area contributed by atoms with Crippen LogP contribution in [0.15, 0.2) is 42.6 Å². The molecule has 0 aliphatic heterocycles. The van der Waals surface area contributed by atoms with Gasteiger partial charge in [0, 0.05) is 18.0 Å². The minimum Gasteiger partial charge on any atom is -0.507 e. The van der Waals surface area contributed by atoms with Crippen LogP contribution in [0.2, 0.25) is 0 Å². The second-order valence-corrected chi connectivity index (χ2v) is 4.62. The first kappa shape index (κ1) is 15.4. The number of aromatic nitrogens is 1. The fourth-order valence-electron chi connectivity index (χ4n) is 2.05. The Hall–Kier alpha value is -2.95. The molecule has 0 spiro atoms. The van der Waals surface area contributed by atoms with Crippen molar-refractivity contribution in [2.75, 3.05) is 0 Å². The lowest BCUT2D eigenvalue weighted by atomic mass is 10.1. The second-order valence-electron chi connectivity index (χ2n) is 4.62. The van der Waals surface area contributed by atoms with Crippen LogP contribution in [0.5, 0.6) is 11.5 Å². The molecule has 0 fully saturated rings. The number of nitrogens with one attached hydrogen (secondary N) is 1. The molecule has 1 aromatic carbocycles. The number of aldehydes is 1. The molecule has 5 nitrogen and oxygen atoms in total. The van der Waals surface area contributed by atoms with Gasteiger partial charge in [-0.3, -0.25) is 9.78 Å². The average Bonchev–Trinajstić information content (AvgIpc) is 2.53. The molecule has 5 heteroatoms. The standard InChI is InChI=1S/C17H16N2O3/c1-12(7-8-18)17-13(4-3-9-19-17)11-22-16-6-2-5-15(21)14(16)10-20/h2-10,18,21H,11H2,1H3/b12-7+,18-8?. The Morgan fingerprint density at radius 1 is 1.36 bits per heavy atom. The summed E-state index contributed by atoms with van der Waals surface area (Å²) in [5, 5.41) is 16.8. The number of phenolic OH excluding ortho intramolecular Hbond substituents is 1. The van der Waals surface area contributed by atoms with Crippen LogP contribution in [-0.4, -0.2) is 22.6 Å². The zero-order chi connectivity index (χ0) is 15.9. The number of pyridine rings is 1. The Kier molecular flexibility index (Phi) is 5.03. The number of carbonyl (C=O) groups is 1. The summed E-state index contributed by atoms with van der Waals surface area (Å²) in [6.07, 6.45) is 5.09. The van der Waals surface area contributed by atoms with Gasteiger partial charge in [-0.2, -0.15) is 0 Å². The minimum absolute atomic E-state index is 0.112. The number of benzene rings is 1. The lowest BCUT2D eigenvalue weighted by Crippen LogP contribution is -2.03. The van der Waals surface area contributed by atoms with Gasteiger partial charge in [-0.1, -0.05) is 12.1 Å². The van der Waals surface area contributed by atoms with E-state index in [4.69, 9.17) is 10.1 Å². The number of phenols is 1. The summed E-state index contributed by atoms with van der Waals surface area (Å²) < 4.78 is 5.65. The molecule has 1 aromatic heterocycles. The number of allylic oxidation sites excluding steroid dienone is 2. The molecule has 22 heavy (non-hydrogen) atoms. The number of hydrogen-bond acceptors (Lipinski definition) is 5. The quantitative estimate of drug-likeness (QED) is 0.633. The third-order valence-corrected chi connectivity index (χ3v) is 3.14. The van der Waals surface area contributed by atoms with Gasteiger partial charge in [0.15, 0.2) is 6.29 Å². The van der Waals surface area contributed by atoms with E-state index in [1.807, 2.05) is 13.0 Å². The maximum Gasteiger partial charge on any atom is 0.157 e. The molecule has 0 atom stereocenters. The number of hydrogen-bond donors (Lipinski definition) is 2. The highest BCUT2D eigenvalue weighted by molar-refractivity contribution is 5.83. The second kappa shape index (κ2) is 7.17. The van der Waals surface area contributed by atoms with Crippen molar-refractivity contribution in [1.29, 1.82) is 5.41 Å². The van der Waals surface area contributed by atoms with Crippen molar-refractivity contribution in [2.45, 2.75) is 13.5 Å². The minimum atomic E-state index is -0.112. The maximum absolute atomic E-state index is 11.0. The Balaban J connectivity index is 2.26. The summed E-state index contributed by atoms with van der Waals surface area (Å²) in [5.74, 6) is 0.206. The zero-order valence-corrected chi connectivity index (χ0v) is 12.1. The van der Waals surface area contributed by atoms with E-state index in [0.717, 1.165) is 16.8 Å². The number of ether oxygens (including phenoxy) is 1. The molecule has 0 radical (unpaired) electrons. The van der Waals surface area contributed by atoms with Crippen LogP contribution in [0.1, 0.15) is 28.5 Å². The van der Waals surface area contributed by atoms with Crippen LogP contribution in [0, 0.1) is 5.41 Å². The predicted molar refractivity (Wildman–Crippen MR) is 84.5 cm³/mol. The molecule has 0 aliphatic rings. The van der Waals surface area contributed by atoms with Crippen molar-refractivity contribution in [1.82, 2.24) is 4.98 Å². The van der Waals surface area contributed by atoms with Crippen LogP contribution >= 0.6 is 0 Å². The van der Waals surface area contributed by atoms with Crippen molar-refractivity contribution in [3.63, 3.8) is 0 Å². The van der Waals surface area contributed by atoms with Gasteiger partial charge in [0.2, 0.25) is 0 Å². The van der Waals surface area contributed by atoms with E-state index < -0.39 is 0 Å². The van der Waals surface area contributed by atoms with Gasteiger partial charge in [0.05, 0.1) is 11.3 Å². The fourth-order valence-corrected chi connectivity index (χ4v) is 2.05. The van der Waals surface area contributed by atoms with Gasteiger partial charge < -0.3 is 15.3 Å². The number of rotatable bonds is 6. The molecule has 0 amide bonds. The van der Waals surface area contributed by atoms with E-state index in [2.05, 4.69) is 4.98 Å². The third kappa shape index (κ3) is 3.38. The molecule has 2 N–H and O–H groups in total. The summed E-state index contributed by atoms with van der Waals surface area (Å²) >= 11 is 0. The topological polar surface area (TPSA) is 83.3 Å². The maximum atomic E-state index is 11.0. The van der Waals surface area contributed by atoms with E-state index in [-0.39, 0.29) is 17.9 Å². The van der Waals surface area contributed by atoms with Crippen LogP contribution in [0.3, 0.4) is 0 Å². The van der Waals surface area contributed by atoms with Crippen LogP contribution in [0.25, 0.3) is 5.57 Å². The molecular formula is C17H16N2O3. The highest BCUT2D eigenvalue weighted by atomic mass is 16.5. The number of carbonyl (C=O) groups excluding carboxylic acids is 1. The first-order valence-electron chi connectivity index (χ1n) is 6.69. The number of nitrogens with zero attached hydrogens (tertiary/aromatic N) is 1. The van der Waals surface area contributed by atoms with Crippen molar-refractivity contribution in [3.05, 3.63) is 59.4 Å². The SMILES string of the molecule is C/C(=C\C=N)c1ncccc1COc1cccc(O)c1C=O. The van der Waals surface area contributed by atoms with E-state index in [0.29, 0.717) is 12.0 Å². The van der Waals surface area contributed by atoms with Gasteiger partial charge >= 0.3 is 0 Å². The Labute approximate surface area is 128 Å². The molecule has 2 aromatic rings. The van der Waals surface area contributed by atoms with Crippen LogP contribution in [0.4, 0.5) is 0 Å². The molecule has 0 saturated heterocycles. The fraction of sp³-hybridized carbons (Fsp3) is 0.118. The lowest BCUT2D eigenvalue weighted by Gasteiger charge is -2.12. The molecule has 1 heterocycles. The third-order valence-electron chi connectivity index (χ3n) is 3.14. The first-order chi connectivity index (χ1) is 10.7. The molecule has 0 aliphatic carbocycles. The van der Waals surface area contributed by atoms with Crippen molar-refractivity contribution in [2.24, 2.45) is 0 Å². The Morgan fingerprint density at radius 2 is 2.18 bits per heavy atom. The summed E-state index contributed by atoms with van der Waals surface area (Å²) in [4.78, 5) is 15.3. The predicted octanol–water partition coefficient (Wildman–Crippen LogP) is 3.23. The van der Waals surface area contributed by atoms with Crippen molar-refractivity contribution < 1.29 is 14.6 Å². The Morgan fingerprint density at radius 3 is 2.91 bits per heavy atom. The molecule has 112 valence electrons. The van der Waals surface area contributed by atoms with Gasteiger partial charge in [0.25, 0.3) is 0 Å². The average molecular weight is 296 g/mol. The smallest absolute Gasteiger partial charge is 0.157 e. The highest BCUT2D eigenvalue weighted by Crippen LogP contribution is 2.27. The van der Waals surface area contributed by atoms with Crippen LogP contribution < -0.4 is 4.74 Å². The van der Waals surface area contributed by atoms with E-state index in [1.165, 1.54) is 12.3 Å². The first-order valence-corrected chi connectivity index (χ1v) is 6.69. The summed E-state index contributed by atoms with van der Waals surface area (Å²) in [5.41, 5.74) is 2.54. The highest BCUT2D eigenvalue weighted by Gasteiger charge is 2.10. The van der Waals surface area contributed by atoms with E-state index in [1.54, 1.807) is 30.5 Å².